The molecule has 0 saturated heterocycles. The van der Waals surface area contributed by atoms with Gasteiger partial charge in [-0.1, -0.05) is 32.0 Å². The summed E-state index contributed by atoms with van der Waals surface area (Å²) in [7, 11) is 0. The summed E-state index contributed by atoms with van der Waals surface area (Å²) in [5, 5.41) is 1.09. The Kier molecular flexibility index (Phi) is 3.62. The van der Waals surface area contributed by atoms with E-state index in [-0.39, 0.29) is 5.92 Å². The van der Waals surface area contributed by atoms with Crippen molar-refractivity contribution in [1.82, 2.24) is 9.88 Å². The summed E-state index contributed by atoms with van der Waals surface area (Å²) >= 11 is 0. The molecule has 0 spiro atoms. The number of aromatic amines is 1. The summed E-state index contributed by atoms with van der Waals surface area (Å²) in [5.74, 6) is 0.484. The minimum absolute atomic E-state index is 0.154. The summed E-state index contributed by atoms with van der Waals surface area (Å²) in [6.07, 6.45) is 1.96. The molecule has 3 nitrogen and oxygen atoms in total. The van der Waals surface area contributed by atoms with Crippen molar-refractivity contribution >= 4 is 16.7 Å². The van der Waals surface area contributed by atoms with E-state index >= 15 is 0 Å². The maximum atomic E-state index is 12.8. The van der Waals surface area contributed by atoms with Gasteiger partial charge in [-0.05, 0) is 32.0 Å². The molecule has 1 aromatic heterocycles. The zero-order valence-corrected chi connectivity index (χ0v) is 12.3. The first-order valence-electron chi connectivity index (χ1n) is 7.60. The molecule has 2 aromatic rings. The van der Waals surface area contributed by atoms with Gasteiger partial charge in [0.05, 0.1) is 0 Å². The number of carbonyl (C=O) groups is 1. The summed E-state index contributed by atoms with van der Waals surface area (Å²) in [4.78, 5) is 18.6. The number of nitrogens with zero attached hydrogens (tertiary/aromatic N) is 1. The van der Waals surface area contributed by atoms with Crippen molar-refractivity contribution in [2.24, 2.45) is 5.92 Å². The van der Waals surface area contributed by atoms with Crippen LogP contribution < -0.4 is 0 Å². The molecule has 3 rings (SSSR count). The van der Waals surface area contributed by atoms with Crippen LogP contribution in [0.3, 0.4) is 0 Å². The van der Waals surface area contributed by atoms with Gasteiger partial charge in [0.2, 0.25) is 0 Å². The highest BCUT2D eigenvalue weighted by molar-refractivity contribution is 6.11. The number of rotatable bonds is 4. The fraction of sp³-hybridized carbons (Fsp3) is 0.471. The number of hydrogen-bond acceptors (Lipinski definition) is 2. The van der Waals surface area contributed by atoms with Crippen molar-refractivity contribution in [1.29, 1.82) is 0 Å². The molecule has 0 fully saturated rings. The average Bonchev–Trinajstić information content (AvgIpc) is 2.86. The SMILES string of the molecule is CCN(CC)C[C@H]1CCc2[nH]c3ccccc3c2C1=O. The van der Waals surface area contributed by atoms with Gasteiger partial charge in [-0.2, -0.15) is 0 Å². The van der Waals surface area contributed by atoms with Crippen LogP contribution in [0.1, 0.15) is 36.3 Å². The number of aryl methyl sites for hydroxylation is 1. The molecular formula is C17H22N2O. The molecule has 0 radical (unpaired) electrons. The number of Topliss-reactive ketones (excluding diaryl/α,β-unsaturated/α-hetero) is 1. The highest BCUT2D eigenvalue weighted by atomic mass is 16.1. The van der Waals surface area contributed by atoms with Gasteiger partial charge in [-0.25, -0.2) is 0 Å². The van der Waals surface area contributed by atoms with Crippen LogP contribution in [0.4, 0.5) is 0 Å². The van der Waals surface area contributed by atoms with Gasteiger partial charge in [0.1, 0.15) is 0 Å². The Labute approximate surface area is 120 Å². The lowest BCUT2D eigenvalue weighted by molar-refractivity contribution is 0.0864. The normalized spacial score (nSPS) is 18.8. The van der Waals surface area contributed by atoms with Crippen LogP contribution in [0.15, 0.2) is 24.3 Å². The number of benzene rings is 1. The highest BCUT2D eigenvalue weighted by Crippen LogP contribution is 2.32. The van der Waals surface area contributed by atoms with E-state index in [1.165, 1.54) is 0 Å². The molecule has 1 heterocycles. The van der Waals surface area contributed by atoms with Crippen molar-refractivity contribution in [3.05, 3.63) is 35.5 Å². The van der Waals surface area contributed by atoms with Crippen molar-refractivity contribution in [2.45, 2.75) is 26.7 Å². The quantitative estimate of drug-likeness (QED) is 0.925. The lowest BCUT2D eigenvalue weighted by Gasteiger charge is -2.27. The summed E-state index contributed by atoms with van der Waals surface area (Å²) in [5.41, 5.74) is 3.17. The third-order valence-electron chi connectivity index (χ3n) is 4.52. The highest BCUT2D eigenvalue weighted by Gasteiger charge is 2.31. The number of carbonyl (C=O) groups excluding carboxylic acids is 1. The lowest BCUT2D eigenvalue weighted by atomic mass is 9.84. The Balaban J connectivity index is 1.93. The van der Waals surface area contributed by atoms with E-state index in [4.69, 9.17) is 0 Å². The molecule has 0 bridgehead atoms. The van der Waals surface area contributed by atoms with Gasteiger partial charge >= 0.3 is 0 Å². The van der Waals surface area contributed by atoms with Crippen LogP contribution in [0, 0.1) is 5.92 Å². The molecule has 3 heteroatoms. The average molecular weight is 270 g/mol. The first kappa shape index (κ1) is 13.4. The summed E-state index contributed by atoms with van der Waals surface area (Å²) < 4.78 is 0. The Bertz CT molecular complexity index is 625. The topological polar surface area (TPSA) is 36.1 Å². The monoisotopic (exact) mass is 270 g/mol. The molecule has 1 atom stereocenters. The molecule has 0 amide bonds. The van der Waals surface area contributed by atoms with E-state index in [2.05, 4.69) is 35.9 Å². The van der Waals surface area contributed by atoms with Crippen LogP contribution in [-0.4, -0.2) is 35.3 Å². The molecular weight excluding hydrogens is 248 g/mol. The Morgan fingerprint density at radius 3 is 2.75 bits per heavy atom. The van der Waals surface area contributed by atoms with Gasteiger partial charge in [0.15, 0.2) is 5.78 Å². The van der Waals surface area contributed by atoms with Crippen LogP contribution in [0.2, 0.25) is 0 Å². The largest absolute Gasteiger partial charge is 0.358 e. The number of hydrogen-bond donors (Lipinski definition) is 1. The smallest absolute Gasteiger partial charge is 0.169 e. The third kappa shape index (κ3) is 2.16. The van der Waals surface area contributed by atoms with Gasteiger partial charge in [0.25, 0.3) is 0 Å². The predicted octanol–water partition coefficient (Wildman–Crippen LogP) is 3.25. The van der Waals surface area contributed by atoms with Gasteiger partial charge in [0, 0.05) is 34.6 Å². The van der Waals surface area contributed by atoms with E-state index in [0.29, 0.717) is 5.78 Å². The second kappa shape index (κ2) is 5.41. The molecule has 106 valence electrons. The predicted molar refractivity (Wildman–Crippen MR) is 82.2 cm³/mol. The maximum Gasteiger partial charge on any atom is 0.169 e. The lowest BCUT2D eigenvalue weighted by Crippen LogP contribution is -2.35. The second-order valence-corrected chi connectivity index (χ2v) is 5.61. The van der Waals surface area contributed by atoms with E-state index in [9.17, 15) is 4.79 Å². The van der Waals surface area contributed by atoms with Crippen LogP contribution in [0.25, 0.3) is 10.9 Å². The molecule has 0 saturated carbocycles. The van der Waals surface area contributed by atoms with Gasteiger partial charge in [-0.15, -0.1) is 0 Å². The Morgan fingerprint density at radius 2 is 2.00 bits per heavy atom. The molecule has 1 N–H and O–H groups in total. The van der Waals surface area contributed by atoms with Gasteiger partial charge < -0.3 is 9.88 Å². The van der Waals surface area contributed by atoms with Crippen molar-refractivity contribution < 1.29 is 4.79 Å². The molecule has 1 aliphatic carbocycles. The van der Waals surface area contributed by atoms with Crippen LogP contribution in [0.5, 0.6) is 0 Å². The number of nitrogens with one attached hydrogen (secondary N) is 1. The van der Waals surface area contributed by atoms with Crippen LogP contribution in [-0.2, 0) is 6.42 Å². The van der Waals surface area contributed by atoms with Crippen LogP contribution >= 0.6 is 0 Å². The maximum absolute atomic E-state index is 12.8. The van der Waals surface area contributed by atoms with Crippen molar-refractivity contribution in [2.75, 3.05) is 19.6 Å². The first-order valence-corrected chi connectivity index (χ1v) is 7.60. The molecule has 1 aliphatic rings. The van der Waals surface area contributed by atoms with Gasteiger partial charge in [-0.3, -0.25) is 4.79 Å². The number of fused-ring (bicyclic) bond motifs is 3. The zero-order valence-electron chi connectivity index (χ0n) is 12.3. The molecule has 0 aliphatic heterocycles. The minimum atomic E-state index is 0.154. The van der Waals surface area contributed by atoms with E-state index in [1.807, 2.05) is 12.1 Å². The summed E-state index contributed by atoms with van der Waals surface area (Å²) in [6.45, 7) is 7.24. The fourth-order valence-corrected chi connectivity index (χ4v) is 3.29. The first-order chi connectivity index (χ1) is 9.74. The number of aromatic nitrogens is 1. The Hall–Kier alpha value is -1.61. The van der Waals surface area contributed by atoms with E-state index in [0.717, 1.165) is 54.6 Å². The number of H-pyrrole nitrogens is 1. The molecule has 0 unspecified atom stereocenters. The minimum Gasteiger partial charge on any atom is -0.358 e. The second-order valence-electron chi connectivity index (χ2n) is 5.61. The standard InChI is InChI=1S/C17H22N2O/c1-3-19(4-2)11-12-9-10-15-16(17(12)20)13-7-5-6-8-14(13)18-15/h5-8,12,18H,3-4,9-11H2,1-2H3/t12-/m1/s1. The van der Waals surface area contributed by atoms with Crippen molar-refractivity contribution in [3.63, 3.8) is 0 Å². The van der Waals surface area contributed by atoms with E-state index in [1.54, 1.807) is 0 Å². The summed E-state index contributed by atoms with van der Waals surface area (Å²) in [6, 6.07) is 8.14. The Morgan fingerprint density at radius 1 is 1.25 bits per heavy atom. The fourth-order valence-electron chi connectivity index (χ4n) is 3.29. The number of para-hydroxylation sites is 1. The zero-order chi connectivity index (χ0) is 14.1. The molecule has 20 heavy (non-hydrogen) atoms. The number of ketones is 1. The molecule has 1 aromatic carbocycles. The third-order valence-corrected chi connectivity index (χ3v) is 4.52. The van der Waals surface area contributed by atoms with E-state index < -0.39 is 0 Å². The van der Waals surface area contributed by atoms with Crippen molar-refractivity contribution in [3.8, 4) is 0 Å².